The first-order valence-corrected chi connectivity index (χ1v) is 10.1. The fourth-order valence-electron chi connectivity index (χ4n) is 4.33. The minimum atomic E-state index is -4.32. The number of aromatic nitrogens is 1. The maximum Gasteiger partial charge on any atom is 0.392 e. The number of nitrogens with zero attached hydrogens (tertiary/aromatic N) is 1. The molecule has 1 unspecified atom stereocenters. The van der Waals surface area contributed by atoms with E-state index < -0.39 is 30.6 Å². The average Bonchev–Trinajstić information content (AvgIpc) is 3.15. The smallest absolute Gasteiger partial charge is 0.392 e. The van der Waals surface area contributed by atoms with E-state index in [1.165, 1.54) is 12.3 Å². The molecule has 9 heteroatoms. The summed E-state index contributed by atoms with van der Waals surface area (Å²) in [6.45, 7) is 3.83. The van der Waals surface area contributed by atoms with Gasteiger partial charge in [-0.25, -0.2) is 4.79 Å². The second-order valence-corrected chi connectivity index (χ2v) is 8.19. The molecule has 3 heterocycles. The van der Waals surface area contributed by atoms with Crippen molar-refractivity contribution in [2.75, 3.05) is 13.2 Å². The normalized spacial score (nSPS) is 17.0. The highest BCUT2D eigenvalue weighted by atomic mass is 19.4. The molecule has 1 atom stereocenters. The van der Waals surface area contributed by atoms with Crippen LogP contribution in [0.2, 0.25) is 0 Å². The molecule has 1 aromatic heterocycles. The molecule has 4 rings (SSSR count). The molecule has 0 bridgehead atoms. The first-order chi connectivity index (χ1) is 14.6. The lowest BCUT2D eigenvalue weighted by molar-refractivity contribution is -0.139. The predicted molar refractivity (Wildman–Crippen MR) is 106 cm³/mol. The summed E-state index contributed by atoms with van der Waals surface area (Å²) in [5.41, 5.74) is 2.12. The minimum Gasteiger partial charge on any atom is -0.489 e. The summed E-state index contributed by atoms with van der Waals surface area (Å²) >= 11 is 0. The van der Waals surface area contributed by atoms with Crippen LogP contribution >= 0.6 is 0 Å². The largest absolute Gasteiger partial charge is 0.489 e. The number of hydrogen-bond donors (Lipinski definition) is 1. The van der Waals surface area contributed by atoms with Crippen LogP contribution in [0.1, 0.15) is 47.8 Å². The van der Waals surface area contributed by atoms with Gasteiger partial charge in [-0.2, -0.15) is 13.2 Å². The van der Waals surface area contributed by atoms with Gasteiger partial charge in [-0.15, -0.1) is 0 Å². The molecule has 0 aliphatic carbocycles. The summed E-state index contributed by atoms with van der Waals surface area (Å²) in [6.07, 6.45) is -2.93. The molecule has 1 N–H and O–H groups in total. The highest BCUT2D eigenvalue weighted by Crippen LogP contribution is 2.48. The summed E-state index contributed by atoms with van der Waals surface area (Å²) in [5, 5.41) is 9.39. The van der Waals surface area contributed by atoms with E-state index in [1.54, 1.807) is 6.07 Å². The van der Waals surface area contributed by atoms with Crippen LogP contribution in [0, 0.1) is 5.92 Å². The zero-order chi connectivity index (χ0) is 22.5. The van der Waals surface area contributed by atoms with Gasteiger partial charge in [0, 0.05) is 35.9 Å². The van der Waals surface area contributed by atoms with Crippen molar-refractivity contribution in [1.29, 1.82) is 0 Å². The van der Waals surface area contributed by atoms with Gasteiger partial charge < -0.3 is 19.1 Å². The molecule has 2 aliphatic heterocycles. The fraction of sp³-hybridized carbons (Fsp3) is 0.455. The minimum absolute atomic E-state index is 0.121. The Kier molecular flexibility index (Phi) is 5.23. The number of carbonyl (C=O) groups is 1. The van der Waals surface area contributed by atoms with Crippen LogP contribution in [-0.4, -0.2) is 35.0 Å². The molecule has 2 aliphatic rings. The zero-order valence-corrected chi connectivity index (χ0v) is 17.1. The van der Waals surface area contributed by atoms with Gasteiger partial charge in [0.1, 0.15) is 5.56 Å². The van der Waals surface area contributed by atoms with Crippen molar-refractivity contribution in [3.05, 3.63) is 45.2 Å². The van der Waals surface area contributed by atoms with Crippen LogP contribution in [0.25, 0.3) is 11.3 Å². The number of pyridine rings is 1. The van der Waals surface area contributed by atoms with Gasteiger partial charge in [0.15, 0.2) is 16.9 Å². The van der Waals surface area contributed by atoms with Gasteiger partial charge in [0.2, 0.25) is 0 Å². The molecule has 166 valence electrons. The highest BCUT2D eigenvalue weighted by molar-refractivity contribution is 5.88. The van der Waals surface area contributed by atoms with Crippen LogP contribution in [0.4, 0.5) is 13.2 Å². The molecule has 0 spiro atoms. The molecule has 6 nitrogen and oxygen atoms in total. The van der Waals surface area contributed by atoms with Crippen LogP contribution in [0.3, 0.4) is 0 Å². The molecule has 0 amide bonds. The SMILES string of the molecule is CC(C)C1Cc2cc(OCCC(F)(F)F)c3c(c2-c2cc(=O)c(C(=O)O)cn21)CCO3. The third-order valence-corrected chi connectivity index (χ3v) is 5.79. The molecule has 0 saturated carbocycles. The molecular formula is C22H22F3NO5. The van der Waals surface area contributed by atoms with Gasteiger partial charge in [-0.1, -0.05) is 13.8 Å². The lowest BCUT2D eigenvalue weighted by Crippen LogP contribution is -2.28. The highest BCUT2D eigenvalue weighted by Gasteiger charge is 2.34. The van der Waals surface area contributed by atoms with Crippen LogP contribution in [0.5, 0.6) is 11.5 Å². The number of hydrogen-bond acceptors (Lipinski definition) is 4. The van der Waals surface area contributed by atoms with E-state index in [4.69, 9.17) is 9.47 Å². The van der Waals surface area contributed by atoms with E-state index in [1.807, 2.05) is 18.4 Å². The van der Waals surface area contributed by atoms with Crippen molar-refractivity contribution < 1.29 is 32.5 Å². The average molecular weight is 437 g/mol. The molecule has 2 aromatic rings. The molecule has 1 aromatic carbocycles. The maximum atomic E-state index is 12.6. The van der Waals surface area contributed by atoms with E-state index in [0.29, 0.717) is 30.9 Å². The van der Waals surface area contributed by atoms with Crippen molar-refractivity contribution in [3.63, 3.8) is 0 Å². The molecule has 0 radical (unpaired) electrons. The van der Waals surface area contributed by atoms with Crippen molar-refractivity contribution in [3.8, 4) is 22.8 Å². The third-order valence-electron chi connectivity index (χ3n) is 5.79. The van der Waals surface area contributed by atoms with Crippen molar-refractivity contribution in [1.82, 2.24) is 4.57 Å². The van der Waals surface area contributed by atoms with E-state index >= 15 is 0 Å². The second-order valence-electron chi connectivity index (χ2n) is 8.19. The Morgan fingerprint density at radius 3 is 2.74 bits per heavy atom. The maximum absolute atomic E-state index is 12.6. The number of benzene rings is 1. The van der Waals surface area contributed by atoms with Gasteiger partial charge in [0.05, 0.1) is 25.3 Å². The number of ether oxygens (including phenoxy) is 2. The number of fused-ring (bicyclic) bond motifs is 5. The van der Waals surface area contributed by atoms with E-state index in [0.717, 1.165) is 16.7 Å². The lowest BCUT2D eigenvalue weighted by atomic mass is 9.84. The Hall–Kier alpha value is -2.97. The topological polar surface area (TPSA) is 77.8 Å². The fourth-order valence-corrected chi connectivity index (χ4v) is 4.33. The summed E-state index contributed by atoms with van der Waals surface area (Å²) < 4.78 is 50.6. The number of aromatic carboxylic acids is 1. The monoisotopic (exact) mass is 437 g/mol. The van der Waals surface area contributed by atoms with Crippen LogP contribution < -0.4 is 14.9 Å². The predicted octanol–water partition coefficient (Wildman–Crippen LogP) is 4.23. The number of carboxylic acid groups (broad SMARTS) is 1. The van der Waals surface area contributed by atoms with E-state index in [-0.39, 0.29) is 23.3 Å². The van der Waals surface area contributed by atoms with Gasteiger partial charge >= 0.3 is 12.1 Å². The number of rotatable bonds is 5. The summed E-state index contributed by atoms with van der Waals surface area (Å²) in [4.78, 5) is 24.0. The lowest BCUT2D eigenvalue weighted by Gasteiger charge is -2.34. The zero-order valence-electron chi connectivity index (χ0n) is 17.1. The Balaban J connectivity index is 1.85. The Labute approximate surface area is 176 Å². The second kappa shape index (κ2) is 7.62. The molecule has 0 fully saturated rings. The Morgan fingerprint density at radius 1 is 1.35 bits per heavy atom. The molecular weight excluding hydrogens is 415 g/mol. The standard InChI is InChI=1S/C22H22F3NO5/c1-11(2)15-7-12-8-18(30-6-4-22(23,24)25)20-13(3-5-31-20)19(12)16-9-17(27)14(21(28)29)10-26(15)16/h8-11,15H,3-7H2,1-2H3,(H,28,29). The van der Waals surface area contributed by atoms with Crippen LogP contribution in [-0.2, 0) is 12.8 Å². The van der Waals surface area contributed by atoms with Crippen molar-refractivity contribution in [2.45, 2.75) is 45.3 Å². The number of alkyl halides is 3. The summed E-state index contributed by atoms with van der Waals surface area (Å²) in [5.74, 6) is -0.494. The Bertz CT molecular complexity index is 1100. The van der Waals surface area contributed by atoms with Crippen molar-refractivity contribution in [2.24, 2.45) is 5.92 Å². The van der Waals surface area contributed by atoms with Crippen molar-refractivity contribution >= 4 is 5.97 Å². The van der Waals surface area contributed by atoms with E-state index in [2.05, 4.69) is 0 Å². The molecule has 0 saturated heterocycles. The first-order valence-electron chi connectivity index (χ1n) is 10.1. The summed E-state index contributed by atoms with van der Waals surface area (Å²) in [6, 6.07) is 2.91. The van der Waals surface area contributed by atoms with Gasteiger partial charge in [-0.05, 0) is 24.0 Å². The van der Waals surface area contributed by atoms with Gasteiger partial charge in [0.25, 0.3) is 0 Å². The third kappa shape index (κ3) is 3.88. The first kappa shape index (κ1) is 21.3. The number of halogens is 3. The quantitative estimate of drug-likeness (QED) is 0.758. The summed E-state index contributed by atoms with van der Waals surface area (Å²) in [7, 11) is 0. The molecule has 31 heavy (non-hydrogen) atoms. The van der Waals surface area contributed by atoms with E-state index in [9.17, 15) is 27.9 Å². The van der Waals surface area contributed by atoms with Crippen LogP contribution in [0.15, 0.2) is 23.1 Å². The Morgan fingerprint density at radius 2 is 2.10 bits per heavy atom. The number of carboxylic acids is 1. The van der Waals surface area contributed by atoms with Gasteiger partial charge in [-0.3, -0.25) is 4.79 Å².